The van der Waals surface area contributed by atoms with Crippen molar-refractivity contribution in [2.45, 2.75) is 17.1 Å². The average Bonchev–Trinajstić information content (AvgIpc) is 2.78. The normalized spacial score (nSPS) is 23.2. The van der Waals surface area contributed by atoms with Gasteiger partial charge in [0.25, 0.3) is 0 Å². The number of carboxylic acid groups (broad SMARTS) is 1. The van der Waals surface area contributed by atoms with Gasteiger partial charge in [0.05, 0.1) is 24.9 Å². The predicted molar refractivity (Wildman–Crippen MR) is 70.7 cm³/mol. The molecule has 1 saturated heterocycles. The number of β-amino-alcohol motifs (C(OH)–C–C–N with tert-alkyl or cyclic N) is 2. The fourth-order valence-electron chi connectivity index (χ4n) is 2.08. The molecule has 116 valence electrons. The summed E-state index contributed by atoms with van der Waals surface area (Å²) in [6.07, 6.45) is -2.30. The van der Waals surface area contributed by atoms with Gasteiger partial charge in [0, 0.05) is 13.1 Å². The van der Waals surface area contributed by atoms with Gasteiger partial charge in [-0.25, -0.2) is 13.2 Å². The van der Waals surface area contributed by atoms with Crippen LogP contribution in [0.3, 0.4) is 0 Å². The topological polar surface area (TPSA) is 124 Å². The zero-order chi connectivity index (χ0) is 15.8. The Hall–Kier alpha value is -1.68. The van der Waals surface area contributed by atoms with Gasteiger partial charge in [-0.15, -0.1) is 0 Å². The first-order chi connectivity index (χ1) is 9.77. The van der Waals surface area contributed by atoms with Crippen molar-refractivity contribution < 1.29 is 33.3 Å². The Balaban J connectivity index is 2.43. The Morgan fingerprint density at radius 2 is 1.86 bits per heavy atom. The average molecular weight is 317 g/mol. The molecule has 21 heavy (non-hydrogen) atoms. The van der Waals surface area contributed by atoms with E-state index in [4.69, 9.17) is 9.84 Å². The first-order valence-corrected chi connectivity index (χ1v) is 7.49. The Morgan fingerprint density at radius 1 is 1.29 bits per heavy atom. The van der Waals surface area contributed by atoms with Gasteiger partial charge in [0.2, 0.25) is 10.0 Å². The third-order valence-electron chi connectivity index (χ3n) is 3.25. The lowest BCUT2D eigenvalue weighted by Gasteiger charge is -2.17. The Morgan fingerprint density at radius 3 is 2.33 bits per heavy atom. The fraction of sp³-hybridized carbons (Fsp3) is 0.417. The number of aromatic carboxylic acids is 1. The number of benzene rings is 1. The van der Waals surface area contributed by atoms with Crippen molar-refractivity contribution in [3.05, 3.63) is 23.8 Å². The van der Waals surface area contributed by atoms with Crippen molar-refractivity contribution in [3.63, 3.8) is 0 Å². The molecule has 0 bridgehead atoms. The summed E-state index contributed by atoms with van der Waals surface area (Å²) in [5, 5.41) is 27.8. The van der Waals surface area contributed by atoms with Gasteiger partial charge in [0.1, 0.15) is 10.6 Å². The van der Waals surface area contributed by atoms with E-state index in [2.05, 4.69) is 0 Å². The van der Waals surface area contributed by atoms with Gasteiger partial charge >= 0.3 is 5.97 Å². The maximum atomic E-state index is 12.5. The van der Waals surface area contributed by atoms with E-state index >= 15 is 0 Å². The molecule has 0 aliphatic carbocycles. The molecule has 0 amide bonds. The van der Waals surface area contributed by atoms with E-state index in [9.17, 15) is 23.4 Å². The first-order valence-electron chi connectivity index (χ1n) is 6.05. The molecule has 0 radical (unpaired) electrons. The number of hydrogen-bond acceptors (Lipinski definition) is 6. The number of hydrogen-bond donors (Lipinski definition) is 3. The summed E-state index contributed by atoms with van der Waals surface area (Å²) in [4.78, 5) is 10.7. The molecule has 1 fully saturated rings. The van der Waals surface area contributed by atoms with Crippen molar-refractivity contribution in [3.8, 4) is 5.75 Å². The number of ether oxygens (including phenoxy) is 1. The number of sulfonamides is 1. The third-order valence-corrected chi connectivity index (χ3v) is 5.13. The summed E-state index contributed by atoms with van der Waals surface area (Å²) < 4.78 is 30.8. The fourth-order valence-corrected chi connectivity index (χ4v) is 3.70. The number of methoxy groups -OCH3 is 1. The van der Waals surface area contributed by atoms with Gasteiger partial charge in [-0.05, 0) is 18.2 Å². The molecular weight excluding hydrogens is 302 g/mol. The number of rotatable bonds is 4. The van der Waals surface area contributed by atoms with Crippen LogP contribution in [0.4, 0.5) is 0 Å². The minimum atomic E-state index is -3.99. The van der Waals surface area contributed by atoms with E-state index in [0.29, 0.717) is 0 Å². The summed E-state index contributed by atoms with van der Waals surface area (Å²) in [6.45, 7) is -0.458. The molecule has 2 rings (SSSR count). The van der Waals surface area contributed by atoms with Crippen LogP contribution >= 0.6 is 0 Å². The maximum absolute atomic E-state index is 12.5. The standard InChI is InChI=1S/C12H15NO7S/c1-20-10-4-7(12(16)17)2-3-11(10)21(18,19)13-5-8(14)9(15)6-13/h2-4,8-9,14-15H,5-6H2,1H3,(H,16,17). The molecule has 3 N–H and O–H groups in total. The number of aliphatic hydroxyl groups excluding tert-OH is 2. The highest BCUT2D eigenvalue weighted by Gasteiger charge is 2.38. The molecule has 0 aromatic heterocycles. The van der Waals surface area contributed by atoms with Crippen molar-refractivity contribution in [1.29, 1.82) is 0 Å². The molecule has 1 heterocycles. The monoisotopic (exact) mass is 317 g/mol. The minimum absolute atomic E-state index is 0.104. The van der Waals surface area contributed by atoms with Crippen LogP contribution in [-0.4, -0.2) is 66.4 Å². The van der Waals surface area contributed by atoms with Gasteiger partial charge < -0.3 is 20.1 Å². The van der Waals surface area contributed by atoms with E-state index in [1.165, 1.54) is 7.11 Å². The van der Waals surface area contributed by atoms with Gasteiger partial charge in [-0.1, -0.05) is 0 Å². The molecule has 1 aliphatic heterocycles. The van der Waals surface area contributed by atoms with Crippen LogP contribution in [0.1, 0.15) is 10.4 Å². The van der Waals surface area contributed by atoms with Gasteiger partial charge in [-0.2, -0.15) is 4.31 Å². The molecule has 2 atom stereocenters. The van der Waals surface area contributed by atoms with E-state index in [0.717, 1.165) is 22.5 Å². The van der Waals surface area contributed by atoms with E-state index in [1.54, 1.807) is 0 Å². The van der Waals surface area contributed by atoms with Crippen LogP contribution in [0.25, 0.3) is 0 Å². The zero-order valence-corrected chi connectivity index (χ0v) is 11.9. The number of nitrogens with zero attached hydrogens (tertiary/aromatic N) is 1. The highest BCUT2D eigenvalue weighted by Crippen LogP contribution is 2.30. The molecule has 0 spiro atoms. The Kier molecular flexibility index (Phi) is 4.19. The first kappa shape index (κ1) is 15.7. The second-order valence-corrected chi connectivity index (χ2v) is 6.53. The second kappa shape index (κ2) is 5.60. The lowest BCUT2D eigenvalue weighted by Crippen LogP contribution is -2.30. The van der Waals surface area contributed by atoms with E-state index in [-0.39, 0.29) is 29.3 Å². The van der Waals surface area contributed by atoms with Crippen LogP contribution < -0.4 is 4.74 Å². The second-order valence-electron chi connectivity index (χ2n) is 4.63. The Bertz CT molecular complexity index is 648. The van der Waals surface area contributed by atoms with Gasteiger partial charge in [0.15, 0.2) is 0 Å². The van der Waals surface area contributed by atoms with Crippen molar-refractivity contribution >= 4 is 16.0 Å². The minimum Gasteiger partial charge on any atom is -0.495 e. The molecule has 0 saturated carbocycles. The molecule has 1 aliphatic rings. The van der Waals surface area contributed by atoms with Crippen LogP contribution in [0.5, 0.6) is 5.75 Å². The smallest absolute Gasteiger partial charge is 0.335 e. The van der Waals surface area contributed by atoms with E-state index < -0.39 is 28.2 Å². The summed E-state index contributed by atoms with van der Waals surface area (Å²) in [6, 6.07) is 3.40. The predicted octanol–water partition coefficient (Wildman–Crippen LogP) is -0.881. The molecule has 2 unspecified atom stereocenters. The summed E-state index contributed by atoms with van der Waals surface area (Å²) >= 11 is 0. The SMILES string of the molecule is COc1cc(C(=O)O)ccc1S(=O)(=O)N1CC(O)C(O)C1. The molecule has 8 nitrogen and oxygen atoms in total. The van der Waals surface area contributed by atoms with Crippen molar-refractivity contribution in [2.24, 2.45) is 0 Å². The largest absolute Gasteiger partial charge is 0.495 e. The lowest BCUT2D eigenvalue weighted by molar-refractivity contribution is 0.0572. The van der Waals surface area contributed by atoms with Crippen LogP contribution in [0, 0.1) is 0 Å². The van der Waals surface area contributed by atoms with Crippen molar-refractivity contribution in [1.82, 2.24) is 4.31 Å². The summed E-state index contributed by atoms with van der Waals surface area (Å²) in [7, 11) is -2.76. The molecule has 1 aromatic rings. The Labute approximate surface area is 121 Å². The van der Waals surface area contributed by atoms with Crippen LogP contribution in [0.15, 0.2) is 23.1 Å². The summed E-state index contributed by atoms with van der Waals surface area (Å²) in [5.74, 6) is -1.31. The highest BCUT2D eigenvalue weighted by atomic mass is 32.2. The quantitative estimate of drug-likeness (QED) is 0.658. The van der Waals surface area contributed by atoms with Gasteiger partial charge in [-0.3, -0.25) is 0 Å². The van der Waals surface area contributed by atoms with Crippen molar-refractivity contribution in [2.75, 3.05) is 20.2 Å². The zero-order valence-electron chi connectivity index (χ0n) is 11.1. The number of aliphatic hydroxyl groups is 2. The van der Waals surface area contributed by atoms with E-state index in [1.807, 2.05) is 0 Å². The third kappa shape index (κ3) is 2.86. The summed E-state index contributed by atoms with van der Waals surface area (Å²) in [5.41, 5.74) is -0.104. The lowest BCUT2D eigenvalue weighted by atomic mass is 10.2. The molecular formula is C12H15NO7S. The van der Waals surface area contributed by atoms with Crippen LogP contribution in [-0.2, 0) is 10.0 Å². The maximum Gasteiger partial charge on any atom is 0.335 e. The highest BCUT2D eigenvalue weighted by molar-refractivity contribution is 7.89. The number of carbonyl (C=O) groups is 1. The molecule has 1 aromatic carbocycles. The molecule has 9 heteroatoms. The van der Waals surface area contributed by atoms with Crippen LogP contribution in [0.2, 0.25) is 0 Å². The number of carboxylic acids is 1.